The maximum Gasteiger partial charge on any atom is 0.270 e. The zero-order valence-electron chi connectivity index (χ0n) is 16.3. The van der Waals surface area contributed by atoms with Crippen molar-refractivity contribution in [2.24, 2.45) is 0 Å². The Morgan fingerprint density at radius 1 is 1.14 bits per heavy atom. The van der Waals surface area contributed by atoms with Gasteiger partial charge in [0.1, 0.15) is 11.2 Å². The normalized spacial score (nSPS) is 13.9. The molecular weight excluding hydrogens is 352 g/mol. The number of aromatic nitrogens is 2. The van der Waals surface area contributed by atoms with Crippen LogP contribution in [0.3, 0.4) is 0 Å². The highest BCUT2D eigenvalue weighted by atomic mass is 16.2. The molecule has 6 nitrogen and oxygen atoms in total. The van der Waals surface area contributed by atoms with Gasteiger partial charge in [0.25, 0.3) is 11.5 Å². The molecule has 0 spiro atoms. The van der Waals surface area contributed by atoms with Crippen molar-refractivity contribution in [1.82, 2.24) is 14.3 Å². The quantitative estimate of drug-likeness (QED) is 0.703. The number of hydrogen-bond acceptors (Lipinski definition) is 4. The largest absolute Gasteiger partial charge is 0.371 e. The summed E-state index contributed by atoms with van der Waals surface area (Å²) in [6.07, 6.45) is 5.49. The second kappa shape index (κ2) is 7.46. The molecule has 28 heavy (non-hydrogen) atoms. The van der Waals surface area contributed by atoms with Crippen molar-refractivity contribution >= 4 is 17.2 Å². The van der Waals surface area contributed by atoms with Crippen molar-refractivity contribution in [3.05, 3.63) is 75.8 Å². The lowest BCUT2D eigenvalue weighted by atomic mass is 10.1. The summed E-state index contributed by atoms with van der Waals surface area (Å²) in [7, 11) is 1.73. The van der Waals surface area contributed by atoms with Crippen LogP contribution in [0.2, 0.25) is 0 Å². The average Bonchev–Trinajstić information content (AvgIpc) is 3.23. The van der Waals surface area contributed by atoms with Gasteiger partial charge in [-0.05, 0) is 43.0 Å². The van der Waals surface area contributed by atoms with Crippen LogP contribution in [0.1, 0.15) is 34.3 Å². The van der Waals surface area contributed by atoms with E-state index in [2.05, 4.69) is 16.0 Å². The van der Waals surface area contributed by atoms with Gasteiger partial charge in [0.05, 0.1) is 0 Å². The van der Waals surface area contributed by atoms with E-state index in [1.807, 2.05) is 31.2 Å². The summed E-state index contributed by atoms with van der Waals surface area (Å²) >= 11 is 0. The van der Waals surface area contributed by atoms with Crippen molar-refractivity contribution in [3.63, 3.8) is 0 Å². The number of carbonyl (C=O) groups excluding carboxylic acids is 1. The fourth-order valence-electron chi connectivity index (χ4n) is 3.77. The van der Waals surface area contributed by atoms with Gasteiger partial charge in [-0.25, -0.2) is 4.98 Å². The summed E-state index contributed by atoms with van der Waals surface area (Å²) < 4.78 is 1.44. The zero-order chi connectivity index (χ0) is 19.7. The second-order valence-electron chi connectivity index (χ2n) is 7.40. The highest BCUT2D eigenvalue weighted by Gasteiger charge is 2.20. The summed E-state index contributed by atoms with van der Waals surface area (Å²) in [5.74, 6) is -0.315. The molecule has 1 amide bonds. The minimum absolute atomic E-state index is 0.0873. The van der Waals surface area contributed by atoms with Gasteiger partial charge < -0.3 is 9.80 Å². The molecule has 0 atom stereocenters. The SMILES string of the molecule is Cc1ccc2ncc(C(=O)N(C)Cc3ccccc3N3CCCC3)c(=O)n2c1. The molecule has 3 aromatic rings. The Morgan fingerprint density at radius 2 is 1.89 bits per heavy atom. The number of amides is 1. The Hall–Kier alpha value is -3.15. The molecule has 0 aliphatic carbocycles. The van der Waals surface area contributed by atoms with Crippen LogP contribution in [0.15, 0.2) is 53.6 Å². The standard InChI is InChI=1S/C22H24N4O2/c1-16-9-10-20-23-13-18(22(28)26(20)14-16)21(27)24(2)15-17-7-3-4-8-19(17)25-11-5-6-12-25/h3-4,7-10,13-14H,5-6,11-12,15H2,1-2H3. The Balaban J connectivity index is 1.62. The number of nitrogens with zero attached hydrogens (tertiary/aromatic N) is 4. The maximum atomic E-state index is 13.0. The molecule has 3 heterocycles. The fraction of sp³-hybridized carbons (Fsp3) is 0.318. The van der Waals surface area contributed by atoms with E-state index in [0.717, 1.165) is 24.2 Å². The van der Waals surface area contributed by atoms with Gasteiger partial charge in [-0.2, -0.15) is 0 Å². The summed E-state index contributed by atoms with van der Waals surface area (Å²) in [6, 6.07) is 11.8. The molecule has 1 fully saturated rings. The van der Waals surface area contributed by atoms with Crippen molar-refractivity contribution in [1.29, 1.82) is 0 Å². The van der Waals surface area contributed by atoms with Crippen molar-refractivity contribution < 1.29 is 4.79 Å². The minimum Gasteiger partial charge on any atom is -0.371 e. The first-order chi connectivity index (χ1) is 13.5. The summed E-state index contributed by atoms with van der Waals surface area (Å²) in [6.45, 7) is 4.44. The summed E-state index contributed by atoms with van der Waals surface area (Å²) in [5.41, 5.74) is 3.49. The highest BCUT2D eigenvalue weighted by molar-refractivity contribution is 5.93. The van der Waals surface area contributed by atoms with E-state index in [1.54, 1.807) is 24.2 Å². The van der Waals surface area contributed by atoms with Crippen LogP contribution in [0.5, 0.6) is 0 Å². The first-order valence-corrected chi connectivity index (χ1v) is 9.61. The van der Waals surface area contributed by atoms with Crippen molar-refractivity contribution in [3.8, 4) is 0 Å². The summed E-state index contributed by atoms with van der Waals surface area (Å²) in [5, 5.41) is 0. The molecule has 0 unspecified atom stereocenters. The monoisotopic (exact) mass is 376 g/mol. The van der Waals surface area contributed by atoms with Gasteiger partial charge in [-0.3, -0.25) is 14.0 Å². The second-order valence-corrected chi connectivity index (χ2v) is 7.40. The van der Waals surface area contributed by atoms with Gasteiger partial charge in [-0.15, -0.1) is 0 Å². The van der Waals surface area contributed by atoms with Gasteiger partial charge in [0.2, 0.25) is 0 Å². The van der Waals surface area contributed by atoms with E-state index in [4.69, 9.17) is 0 Å². The summed E-state index contributed by atoms with van der Waals surface area (Å²) in [4.78, 5) is 34.1. The molecule has 0 saturated carbocycles. The third kappa shape index (κ3) is 3.38. The molecule has 4 rings (SSSR count). The van der Waals surface area contributed by atoms with Crippen LogP contribution in [-0.2, 0) is 6.54 Å². The van der Waals surface area contributed by atoms with Gasteiger partial charge in [0, 0.05) is 44.8 Å². The Kier molecular flexibility index (Phi) is 4.86. The molecule has 0 radical (unpaired) electrons. The van der Waals surface area contributed by atoms with Crippen molar-refractivity contribution in [2.45, 2.75) is 26.3 Å². The predicted molar refractivity (Wildman–Crippen MR) is 110 cm³/mol. The molecule has 1 aliphatic rings. The van der Waals surface area contributed by atoms with Crippen LogP contribution in [0.25, 0.3) is 5.65 Å². The van der Waals surface area contributed by atoms with Crippen LogP contribution in [-0.4, -0.2) is 40.3 Å². The molecule has 6 heteroatoms. The number of fused-ring (bicyclic) bond motifs is 1. The predicted octanol–water partition coefficient (Wildman–Crippen LogP) is 2.88. The molecule has 1 saturated heterocycles. The number of pyridine rings is 1. The van der Waals surface area contributed by atoms with Crippen LogP contribution in [0, 0.1) is 6.92 Å². The molecule has 144 valence electrons. The number of hydrogen-bond donors (Lipinski definition) is 0. The number of para-hydroxylation sites is 1. The van der Waals surface area contributed by atoms with Crippen LogP contribution < -0.4 is 10.5 Å². The number of aryl methyl sites for hydroxylation is 1. The number of carbonyl (C=O) groups is 1. The van der Waals surface area contributed by atoms with E-state index in [1.165, 1.54) is 29.1 Å². The molecule has 0 bridgehead atoms. The first-order valence-electron chi connectivity index (χ1n) is 9.61. The Labute approximate surface area is 164 Å². The lowest BCUT2D eigenvalue weighted by Crippen LogP contribution is -2.33. The fourth-order valence-corrected chi connectivity index (χ4v) is 3.77. The van der Waals surface area contributed by atoms with E-state index >= 15 is 0 Å². The average molecular weight is 376 g/mol. The third-order valence-corrected chi connectivity index (χ3v) is 5.27. The van der Waals surface area contributed by atoms with E-state index in [-0.39, 0.29) is 17.0 Å². The highest BCUT2D eigenvalue weighted by Crippen LogP contribution is 2.25. The number of anilines is 1. The minimum atomic E-state index is -0.335. The lowest BCUT2D eigenvalue weighted by molar-refractivity contribution is 0.0783. The van der Waals surface area contributed by atoms with Gasteiger partial charge in [0.15, 0.2) is 0 Å². The van der Waals surface area contributed by atoms with Crippen LogP contribution in [0.4, 0.5) is 5.69 Å². The van der Waals surface area contributed by atoms with Gasteiger partial charge >= 0.3 is 0 Å². The number of benzene rings is 1. The van der Waals surface area contributed by atoms with Crippen molar-refractivity contribution in [2.75, 3.05) is 25.0 Å². The maximum absolute atomic E-state index is 13.0. The first kappa shape index (κ1) is 18.2. The lowest BCUT2D eigenvalue weighted by Gasteiger charge is -2.24. The smallest absolute Gasteiger partial charge is 0.270 e. The molecule has 1 aromatic carbocycles. The number of rotatable bonds is 4. The third-order valence-electron chi connectivity index (χ3n) is 5.27. The van der Waals surface area contributed by atoms with E-state index in [9.17, 15) is 9.59 Å². The van der Waals surface area contributed by atoms with E-state index < -0.39 is 0 Å². The topological polar surface area (TPSA) is 57.9 Å². The molecule has 0 N–H and O–H groups in total. The van der Waals surface area contributed by atoms with E-state index in [0.29, 0.717) is 12.2 Å². The van der Waals surface area contributed by atoms with Crippen LogP contribution >= 0.6 is 0 Å². The molecular formula is C22H24N4O2. The van der Waals surface area contributed by atoms with Gasteiger partial charge in [-0.1, -0.05) is 24.3 Å². The zero-order valence-corrected chi connectivity index (χ0v) is 16.3. The molecule has 1 aliphatic heterocycles. The molecule has 2 aromatic heterocycles. The Morgan fingerprint density at radius 3 is 2.68 bits per heavy atom. The Bertz CT molecular complexity index is 1080.